The molecule has 1 aromatic carbocycles. The van der Waals surface area contributed by atoms with Crippen LogP contribution in [0.15, 0.2) is 34.5 Å². The Bertz CT molecular complexity index is 1000. The molecule has 0 radical (unpaired) electrons. The average Bonchev–Trinajstić information content (AvgIpc) is 3.21. The van der Waals surface area contributed by atoms with Crippen LogP contribution in [0.4, 0.5) is 5.69 Å². The molecule has 156 valence electrons. The molecule has 2 aromatic rings. The maximum absolute atomic E-state index is 12.8. The van der Waals surface area contributed by atoms with Crippen molar-refractivity contribution in [2.45, 2.75) is 4.90 Å². The summed E-state index contributed by atoms with van der Waals surface area (Å²) in [6, 6.07) is 6.11. The molecule has 12 heteroatoms. The minimum absolute atomic E-state index is 0.0631. The van der Waals surface area contributed by atoms with Crippen LogP contribution in [0, 0.1) is 0 Å². The molecule has 0 bridgehead atoms. The zero-order chi connectivity index (χ0) is 21.0. The Morgan fingerprint density at radius 3 is 2.45 bits per heavy atom. The highest BCUT2D eigenvalue weighted by atomic mass is 35.5. The Hall–Kier alpha value is -1.30. The zero-order valence-corrected chi connectivity index (χ0v) is 18.9. The number of carbonyl (C=O) groups excluding carboxylic acids is 2. The zero-order valence-electron chi connectivity index (χ0n) is 14.9. The maximum atomic E-state index is 12.8. The number of thiophene rings is 1. The SMILES string of the molecule is O=C(COC(=O)c1sccc1S(=O)(=O)N1CCSCC1)Nc1c(Cl)cccc1Cl. The van der Waals surface area contributed by atoms with Gasteiger partial charge in [-0.25, -0.2) is 13.2 Å². The fourth-order valence-electron chi connectivity index (χ4n) is 2.56. The number of nitrogens with one attached hydrogen (secondary N) is 1. The first-order valence-electron chi connectivity index (χ1n) is 8.37. The van der Waals surface area contributed by atoms with Crippen LogP contribution in [0.5, 0.6) is 0 Å². The van der Waals surface area contributed by atoms with E-state index in [1.165, 1.54) is 15.8 Å². The molecule has 0 atom stereocenters. The summed E-state index contributed by atoms with van der Waals surface area (Å²) >= 11 is 14.6. The van der Waals surface area contributed by atoms with Crippen molar-refractivity contribution in [1.82, 2.24) is 4.31 Å². The maximum Gasteiger partial charge on any atom is 0.350 e. The van der Waals surface area contributed by atoms with Crippen molar-refractivity contribution >= 4 is 73.9 Å². The molecule has 1 aliphatic heterocycles. The van der Waals surface area contributed by atoms with Crippen LogP contribution in [0.2, 0.25) is 10.0 Å². The summed E-state index contributed by atoms with van der Waals surface area (Å²) in [6.07, 6.45) is 0. The molecule has 1 aromatic heterocycles. The van der Waals surface area contributed by atoms with Crippen LogP contribution in [-0.4, -0.2) is 55.8 Å². The number of esters is 1. The van der Waals surface area contributed by atoms with Crippen molar-refractivity contribution in [3.63, 3.8) is 0 Å². The molecule has 1 saturated heterocycles. The first kappa shape index (κ1) is 22.4. The summed E-state index contributed by atoms with van der Waals surface area (Å²) in [5.74, 6) is -0.130. The average molecular weight is 495 g/mol. The third-order valence-corrected chi connectivity index (χ3v) is 8.50. The number of benzene rings is 1. The molecule has 1 N–H and O–H groups in total. The topological polar surface area (TPSA) is 92.8 Å². The second kappa shape index (κ2) is 9.67. The van der Waals surface area contributed by atoms with Gasteiger partial charge in [-0.3, -0.25) is 4.79 Å². The number of thioether (sulfide) groups is 1. The molecule has 1 amide bonds. The van der Waals surface area contributed by atoms with Gasteiger partial charge in [0, 0.05) is 24.6 Å². The van der Waals surface area contributed by atoms with E-state index in [-0.39, 0.29) is 25.5 Å². The van der Waals surface area contributed by atoms with E-state index in [1.54, 1.807) is 30.0 Å². The largest absolute Gasteiger partial charge is 0.451 e. The molecule has 29 heavy (non-hydrogen) atoms. The number of carbonyl (C=O) groups is 2. The first-order chi connectivity index (χ1) is 13.8. The van der Waals surface area contributed by atoms with Gasteiger partial charge in [-0.2, -0.15) is 16.1 Å². The molecule has 3 rings (SSSR count). The summed E-state index contributed by atoms with van der Waals surface area (Å²) in [5, 5.41) is 4.45. The fourth-order valence-corrected chi connectivity index (χ4v) is 6.92. The predicted molar refractivity (Wildman–Crippen MR) is 116 cm³/mol. The van der Waals surface area contributed by atoms with Crippen LogP contribution < -0.4 is 5.32 Å². The van der Waals surface area contributed by atoms with E-state index in [0.29, 0.717) is 24.6 Å². The van der Waals surface area contributed by atoms with Gasteiger partial charge in [0.25, 0.3) is 5.91 Å². The number of anilines is 1. The number of nitrogens with zero attached hydrogens (tertiary/aromatic N) is 1. The summed E-state index contributed by atoms with van der Waals surface area (Å²) in [5.41, 5.74) is 0.208. The lowest BCUT2D eigenvalue weighted by Crippen LogP contribution is -2.38. The standard InChI is InChI=1S/C17H16Cl2N2O5S3/c18-11-2-1-3-12(19)15(11)20-14(22)10-26-17(23)16-13(4-7-28-16)29(24,25)21-5-8-27-9-6-21/h1-4,7H,5-6,8-10H2,(H,20,22). The number of para-hydroxylation sites is 1. The van der Waals surface area contributed by atoms with Gasteiger partial charge in [0.2, 0.25) is 10.0 Å². The third-order valence-electron chi connectivity index (χ3n) is 3.96. The van der Waals surface area contributed by atoms with Gasteiger partial charge >= 0.3 is 5.97 Å². The molecule has 0 spiro atoms. The van der Waals surface area contributed by atoms with E-state index in [1.807, 2.05) is 0 Å². The molecule has 0 unspecified atom stereocenters. The highest BCUT2D eigenvalue weighted by Crippen LogP contribution is 2.30. The lowest BCUT2D eigenvalue weighted by molar-refractivity contribution is -0.119. The molecule has 0 saturated carbocycles. The number of hydrogen-bond donors (Lipinski definition) is 1. The van der Waals surface area contributed by atoms with E-state index in [0.717, 1.165) is 11.3 Å². The molecule has 2 heterocycles. The summed E-state index contributed by atoms with van der Waals surface area (Å²) in [6.45, 7) is 0.162. The quantitative estimate of drug-likeness (QED) is 0.616. The van der Waals surface area contributed by atoms with Gasteiger partial charge < -0.3 is 10.1 Å². The third kappa shape index (κ3) is 5.25. The number of hydrogen-bond acceptors (Lipinski definition) is 7. The van der Waals surface area contributed by atoms with E-state index < -0.39 is 28.5 Å². The minimum Gasteiger partial charge on any atom is -0.451 e. The second-order valence-electron chi connectivity index (χ2n) is 5.85. The van der Waals surface area contributed by atoms with Gasteiger partial charge in [-0.05, 0) is 23.6 Å². The van der Waals surface area contributed by atoms with Crippen LogP contribution in [0.25, 0.3) is 0 Å². The fraction of sp³-hybridized carbons (Fsp3) is 0.294. The summed E-state index contributed by atoms with van der Waals surface area (Å²) in [4.78, 5) is 24.3. The van der Waals surface area contributed by atoms with Gasteiger partial charge in [0.05, 0.1) is 15.7 Å². The van der Waals surface area contributed by atoms with E-state index in [2.05, 4.69) is 5.32 Å². The number of amides is 1. The van der Waals surface area contributed by atoms with Gasteiger partial charge in [-0.15, -0.1) is 11.3 Å². The van der Waals surface area contributed by atoms with Crippen LogP contribution in [-0.2, 0) is 19.6 Å². The van der Waals surface area contributed by atoms with Crippen molar-refractivity contribution in [1.29, 1.82) is 0 Å². The lowest BCUT2D eigenvalue weighted by atomic mass is 10.3. The number of rotatable bonds is 6. The molecule has 1 fully saturated rings. The Morgan fingerprint density at radius 1 is 1.14 bits per heavy atom. The Balaban J connectivity index is 1.66. The van der Waals surface area contributed by atoms with Crippen molar-refractivity contribution in [2.75, 3.05) is 36.5 Å². The molecular weight excluding hydrogens is 479 g/mol. The lowest BCUT2D eigenvalue weighted by Gasteiger charge is -2.25. The van der Waals surface area contributed by atoms with Gasteiger partial charge in [-0.1, -0.05) is 29.3 Å². The van der Waals surface area contributed by atoms with E-state index in [4.69, 9.17) is 27.9 Å². The molecular formula is C17H16Cl2N2O5S3. The van der Waals surface area contributed by atoms with Gasteiger partial charge in [0.15, 0.2) is 6.61 Å². The normalized spacial score (nSPS) is 15.1. The van der Waals surface area contributed by atoms with Crippen molar-refractivity contribution in [2.24, 2.45) is 0 Å². The second-order valence-corrected chi connectivity index (χ2v) is 10.7. The minimum atomic E-state index is -3.80. The smallest absolute Gasteiger partial charge is 0.350 e. The summed E-state index contributed by atoms with van der Waals surface area (Å²) < 4.78 is 32.0. The van der Waals surface area contributed by atoms with Crippen LogP contribution in [0.3, 0.4) is 0 Å². The molecule has 7 nitrogen and oxygen atoms in total. The first-order valence-corrected chi connectivity index (χ1v) is 12.6. The Labute approximate surface area is 186 Å². The highest BCUT2D eigenvalue weighted by Gasteiger charge is 2.31. The Morgan fingerprint density at radius 2 is 1.79 bits per heavy atom. The number of ether oxygens (including phenoxy) is 1. The van der Waals surface area contributed by atoms with E-state index in [9.17, 15) is 18.0 Å². The monoisotopic (exact) mass is 494 g/mol. The highest BCUT2D eigenvalue weighted by molar-refractivity contribution is 7.99. The molecule has 1 aliphatic rings. The van der Waals surface area contributed by atoms with Crippen molar-refractivity contribution < 1.29 is 22.7 Å². The van der Waals surface area contributed by atoms with E-state index >= 15 is 0 Å². The summed E-state index contributed by atoms with van der Waals surface area (Å²) in [7, 11) is -3.80. The number of sulfonamides is 1. The van der Waals surface area contributed by atoms with Gasteiger partial charge in [0.1, 0.15) is 9.77 Å². The van der Waals surface area contributed by atoms with Crippen LogP contribution >= 0.6 is 46.3 Å². The van der Waals surface area contributed by atoms with Crippen molar-refractivity contribution in [3.05, 3.63) is 44.6 Å². The van der Waals surface area contributed by atoms with Crippen LogP contribution in [0.1, 0.15) is 9.67 Å². The number of halogens is 2. The Kier molecular flexibility index (Phi) is 7.47. The molecule has 0 aliphatic carbocycles. The predicted octanol–water partition coefficient (Wildman–Crippen LogP) is 3.59. The van der Waals surface area contributed by atoms with Crippen molar-refractivity contribution in [3.8, 4) is 0 Å².